The van der Waals surface area contributed by atoms with Gasteiger partial charge in [0.25, 0.3) is 0 Å². The molecule has 0 aliphatic carbocycles. The smallest absolute Gasteiger partial charge is 0.234 e. The minimum absolute atomic E-state index is 0.0101. The summed E-state index contributed by atoms with van der Waals surface area (Å²) in [6.45, 7) is 2.81. The van der Waals surface area contributed by atoms with E-state index < -0.39 is 0 Å². The summed E-state index contributed by atoms with van der Waals surface area (Å²) in [5, 5.41) is 8.97. The van der Waals surface area contributed by atoms with Crippen molar-refractivity contribution in [1.29, 1.82) is 0 Å². The monoisotopic (exact) mass is 155 g/mol. The van der Waals surface area contributed by atoms with E-state index in [1.54, 1.807) is 4.90 Å². The van der Waals surface area contributed by atoms with Gasteiger partial charge in [0.05, 0.1) is 6.42 Å². The fraction of sp³-hybridized carbons (Fsp3) is 0.625. The van der Waals surface area contributed by atoms with E-state index in [0.29, 0.717) is 0 Å². The average molecular weight is 155 g/mol. The molecule has 1 aliphatic heterocycles. The van der Waals surface area contributed by atoms with Crippen molar-refractivity contribution in [3.8, 4) is 0 Å². The SMILES string of the molecule is CCCCN1C=C(O)CC1=O. The molecule has 0 aromatic rings. The zero-order chi connectivity index (χ0) is 8.27. The number of carbonyl (C=O) groups excluding carboxylic acids is 1. The second-order valence-electron chi connectivity index (χ2n) is 2.74. The van der Waals surface area contributed by atoms with Gasteiger partial charge in [0, 0.05) is 12.7 Å². The van der Waals surface area contributed by atoms with Crippen LogP contribution in [0.25, 0.3) is 0 Å². The summed E-state index contributed by atoms with van der Waals surface area (Å²) in [6, 6.07) is 0. The first-order chi connectivity index (χ1) is 5.24. The Balaban J connectivity index is 2.39. The van der Waals surface area contributed by atoms with Crippen molar-refractivity contribution in [1.82, 2.24) is 4.90 Å². The molecule has 0 atom stereocenters. The molecule has 0 saturated heterocycles. The summed E-state index contributed by atoms with van der Waals surface area (Å²) < 4.78 is 0. The Morgan fingerprint density at radius 3 is 2.91 bits per heavy atom. The van der Waals surface area contributed by atoms with Crippen molar-refractivity contribution in [3.63, 3.8) is 0 Å². The van der Waals surface area contributed by atoms with Crippen LogP contribution in [-0.4, -0.2) is 22.5 Å². The summed E-state index contributed by atoms with van der Waals surface area (Å²) in [7, 11) is 0. The molecule has 0 saturated carbocycles. The quantitative estimate of drug-likeness (QED) is 0.669. The molecule has 1 rings (SSSR count). The van der Waals surface area contributed by atoms with Crippen molar-refractivity contribution < 1.29 is 9.90 Å². The van der Waals surface area contributed by atoms with Crippen molar-refractivity contribution in [2.75, 3.05) is 6.54 Å². The first-order valence-electron chi connectivity index (χ1n) is 3.93. The van der Waals surface area contributed by atoms with E-state index in [2.05, 4.69) is 6.92 Å². The Morgan fingerprint density at radius 1 is 1.73 bits per heavy atom. The summed E-state index contributed by atoms with van der Waals surface area (Å²) in [5.74, 6) is 0.196. The Bertz CT molecular complexity index is 187. The van der Waals surface area contributed by atoms with Gasteiger partial charge in [0.15, 0.2) is 0 Å². The van der Waals surface area contributed by atoms with E-state index in [0.717, 1.165) is 19.4 Å². The molecule has 0 spiro atoms. The molecule has 0 aromatic carbocycles. The van der Waals surface area contributed by atoms with Crippen LogP contribution < -0.4 is 0 Å². The lowest BCUT2D eigenvalue weighted by molar-refractivity contribution is -0.126. The molecule has 1 amide bonds. The molecule has 1 N–H and O–H groups in total. The summed E-state index contributed by atoms with van der Waals surface area (Å²) in [4.78, 5) is 12.6. The molecule has 11 heavy (non-hydrogen) atoms. The van der Waals surface area contributed by atoms with Crippen molar-refractivity contribution >= 4 is 5.91 Å². The number of carbonyl (C=O) groups is 1. The van der Waals surface area contributed by atoms with Gasteiger partial charge < -0.3 is 10.0 Å². The van der Waals surface area contributed by atoms with E-state index in [1.807, 2.05) is 0 Å². The number of nitrogens with zero attached hydrogens (tertiary/aromatic N) is 1. The number of aliphatic hydroxyl groups is 1. The van der Waals surface area contributed by atoms with E-state index >= 15 is 0 Å². The summed E-state index contributed by atoms with van der Waals surface area (Å²) in [6.07, 6.45) is 3.77. The van der Waals surface area contributed by atoms with Gasteiger partial charge in [-0.3, -0.25) is 4.79 Å². The number of aliphatic hydroxyl groups excluding tert-OH is 1. The summed E-state index contributed by atoms with van der Waals surface area (Å²) >= 11 is 0. The zero-order valence-electron chi connectivity index (χ0n) is 6.71. The van der Waals surface area contributed by atoms with Crippen molar-refractivity contribution in [2.45, 2.75) is 26.2 Å². The van der Waals surface area contributed by atoms with Crippen molar-refractivity contribution in [3.05, 3.63) is 12.0 Å². The predicted molar refractivity (Wildman–Crippen MR) is 41.9 cm³/mol. The van der Waals surface area contributed by atoms with E-state index in [4.69, 9.17) is 5.11 Å². The third-order valence-electron chi connectivity index (χ3n) is 1.71. The van der Waals surface area contributed by atoms with Crippen LogP contribution in [0.15, 0.2) is 12.0 Å². The van der Waals surface area contributed by atoms with Gasteiger partial charge in [-0.1, -0.05) is 13.3 Å². The van der Waals surface area contributed by atoms with Crippen LogP contribution in [0.5, 0.6) is 0 Å². The third kappa shape index (κ3) is 1.97. The largest absolute Gasteiger partial charge is 0.510 e. The van der Waals surface area contributed by atoms with Gasteiger partial charge in [-0.15, -0.1) is 0 Å². The topological polar surface area (TPSA) is 40.5 Å². The maximum atomic E-state index is 11.0. The lowest BCUT2D eigenvalue weighted by Gasteiger charge is -2.10. The van der Waals surface area contributed by atoms with Gasteiger partial charge in [0.2, 0.25) is 5.91 Å². The average Bonchev–Trinajstić information content (AvgIpc) is 2.26. The Kier molecular flexibility index (Phi) is 2.52. The number of hydrogen-bond donors (Lipinski definition) is 1. The van der Waals surface area contributed by atoms with Gasteiger partial charge in [-0.25, -0.2) is 0 Å². The molecule has 0 fully saturated rings. The molecule has 0 aromatic heterocycles. The third-order valence-corrected chi connectivity index (χ3v) is 1.71. The van der Waals surface area contributed by atoms with Gasteiger partial charge in [-0.05, 0) is 6.42 Å². The van der Waals surface area contributed by atoms with Crippen LogP contribution in [0.4, 0.5) is 0 Å². The molecule has 0 radical (unpaired) electrons. The molecular weight excluding hydrogens is 142 g/mol. The van der Waals surface area contributed by atoms with Gasteiger partial charge in [0.1, 0.15) is 5.76 Å². The molecule has 0 bridgehead atoms. The highest BCUT2D eigenvalue weighted by atomic mass is 16.3. The molecule has 1 heterocycles. The van der Waals surface area contributed by atoms with Crippen LogP contribution in [0.3, 0.4) is 0 Å². The van der Waals surface area contributed by atoms with Crippen LogP contribution in [0.2, 0.25) is 0 Å². The minimum Gasteiger partial charge on any atom is -0.510 e. The number of amides is 1. The van der Waals surface area contributed by atoms with E-state index in [-0.39, 0.29) is 18.1 Å². The maximum Gasteiger partial charge on any atom is 0.234 e. The molecule has 1 aliphatic rings. The standard InChI is InChI=1S/C8H13NO2/c1-2-3-4-9-6-7(10)5-8(9)11/h6,10H,2-5H2,1H3. The number of unbranched alkanes of at least 4 members (excludes halogenated alkanes) is 1. The lowest BCUT2D eigenvalue weighted by Crippen LogP contribution is -2.21. The van der Waals surface area contributed by atoms with Gasteiger partial charge in [-0.2, -0.15) is 0 Å². The fourth-order valence-electron chi connectivity index (χ4n) is 1.07. The lowest BCUT2D eigenvalue weighted by atomic mass is 10.3. The highest BCUT2D eigenvalue weighted by Crippen LogP contribution is 2.13. The summed E-state index contributed by atoms with van der Waals surface area (Å²) in [5.41, 5.74) is 0. The fourth-order valence-corrected chi connectivity index (χ4v) is 1.07. The first kappa shape index (κ1) is 8.11. The molecule has 3 nitrogen and oxygen atoms in total. The van der Waals surface area contributed by atoms with Crippen LogP contribution in [-0.2, 0) is 4.79 Å². The molecule has 0 unspecified atom stereocenters. The van der Waals surface area contributed by atoms with Gasteiger partial charge >= 0.3 is 0 Å². The second kappa shape index (κ2) is 3.42. The van der Waals surface area contributed by atoms with E-state index in [1.165, 1.54) is 6.20 Å². The number of hydrogen-bond acceptors (Lipinski definition) is 2. The van der Waals surface area contributed by atoms with Crippen LogP contribution in [0, 0.1) is 0 Å². The molecule has 62 valence electrons. The molecular formula is C8H13NO2. The second-order valence-corrected chi connectivity index (χ2v) is 2.74. The highest BCUT2D eigenvalue weighted by Gasteiger charge is 2.19. The first-order valence-corrected chi connectivity index (χ1v) is 3.93. The molecule has 3 heteroatoms. The Labute approximate surface area is 66.3 Å². The predicted octanol–water partition coefficient (Wildman–Crippen LogP) is 1.42. The normalized spacial score (nSPS) is 17.4. The Hall–Kier alpha value is -0.990. The maximum absolute atomic E-state index is 11.0. The Morgan fingerprint density at radius 2 is 2.45 bits per heavy atom. The van der Waals surface area contributed by atoms with Crippen LogP contribution >= 0.6 is 0 Å². The van der Waals surface area contributed by atoms with Crippen LogP contribution in [0.1, 0.15) is 26.2 Å². The zero-order valence-corrected chi connectivity index (χ0v) is 6.71. The highest BCUT2D eigenvalue weighted by molar-refractivity contribution is 5.82. The number of rotatable bonds is 3. The van der Waals surface area contributed by atoms with Crippen molar-refractivity contribution in [2.24, 2.45) is 0 Å². The van der Waals surface area contributed by atoms with E-state index in [9.17, 15) is 4.79 Å². The minimum atomic E-state index is 0.0101.